The van der Waals surface area contributed by atoms with Crippen LogP contribution >= 0.6 is 11.6 Å². The Morgan fingerprint density at radius 1 is 1.48 bits per heavy atom. The van der Waals surface area contributed by atoms with Crippen molar-refractivity contribution in [2.24, 2.45) is 5.92 Å². The van der Waals surface area contributed by atoms with Crippen molar-refractivity contribution in [3.8, 4) is 0 Å². The molecule has 5 nitrogen and oxygen atoms in total. The van der Waals surface area contributed by atoms with E-state index in [0.717, 1.165) is 19.4 Å². The lowest BCUT2D eigenvalue weighted by molar-refractivity contribution is 0.228. The van der Waals surface area contributed by atoms with Crippen LogP contribution in [0, 0.1) is 5.92 Å². The average molecular weight is 310 g/mol. The lowest BCUT2D eigenvalue weighted by Gasteiger charge is -2.08. The first-order valence-electron chi connectivity index (χ1n) is 7.10. The molecule has 2 aromatic rings. The smallest absolute Gasteiger partial charge is 0.258 e. The molecule has 0 aliphatic carbocycles. The third-order valence-electron chi connectivity index (χ3n) is 3.37. The number of rotatable bonds is 7. The molecule has 0 aliphatic heterocycles. The third-order valence-corrected chi connectivity index (χ3v) is 3.61. The van der Waals surface area contributed by atoms with Crippen LogP contribution in [0.4, 0.5) is 0 Å². The second-order valence-electron chi connectivity index (χ2n) is 5.28. The van der Waals surface area contributed by atoms with Gasteiger partial charge in [-0.2, -0.15) is 0 Å². The van der Waals surface area contributed by atoms with Gasteiger partial charge in [0.15, 0.2) is 0 Å². The van der Waals surface area contributed by atoms with Gasteiger partial charge in [-0.15, -0.1) is 0 Å². The Hall–Kier alpha value is -1.43. The minimum absolute atomic E-state index is 0.151. The predicted octanol–water partition coefficient (Wildman–Crippen LogP) is 2.07. The standard InChI is InChI=1S/C15H20ClN3O2/c1-10(9-20)3-2-6-17-8-14-18-13-7-11(16)4-5-12(13)15(21)19-14/h4-5,7,10,17,20H,2-3,6,8-9H2,1H3,(H,18,19,21). The van der Waals surface area contributed by atoms with Crippen LogP contribution in [-0.4, -0.2) is 28.2 Å². The molecule has 0 aliphatic rings. The van der Waals surface area contributed by atoms with Crippen LogP contribution in [0.1, 0.15) is 25.6 Å². The summed E-state index contributed by atoms with van der Waals surface area (Å²) in [6.45, 7) is 3.57. The fraction of sp³-hybridized carbons (Fsp3) is 0.467. The Morgan fingerprint density at radius 3 is 3.05 bits per heavy atom. The second kappa shape index (κ2) is 7.54. The lowest BCUT2D eigenvalue weighted by atomic mass is 10.1. The molecule has 0 amide bonds. The van der Waals surface area contributed by atoms with Gasteiger partial charge in [-0.1, -0.05) is 18.5 Å². The van der Waals surface area contributed by atoms with Crippen molar-refractivity contribution in [1.29, 1.82) is 0 Å². The number of hydrogen-bond donors (Lipinski definition) is 3. The van der Waals surface area contributed by atoms with Crippen molar-refractivity contribution in [3.05, 3.63) is 39.4 Å². The number of hydrogen-bond acceptors (Lipinski definition) is 4. The Bertz CT molecular complexity index is 657. The SMILES string of the molecule is CC(CO)CCCNCc1nc2cc(Cl)ccc2c(=O)[nH]1. The van der Waals surface area contributed by atoms with E-state index in [-0.39, 0.29) is 12.2 Å². The molecule has 2 rings (SSSR count). The zero-order valence-corrected chi connectivity index (χ0v) is 12.8. The molecule has 3 N–H and O–H groups in total. The monoisotopic (exact) mass is 309 g/mol. The van der Waals surface area contributed by atoms with Gasteiger partial charge in [0, 0.05) is 11.6 Å². The molecular formula is C15H20ClN3O2. The Kier molecular flexibility index (Phi) is 5.73. The number of benzene rings is 1. The van der Waals surface area contributed by atoms with Gasteiger partial charge in [0.2, 0.25) is 0 Å². The number of aromatic amines is 1. The van der Waals surface area contributed by atoms with Gasteiger partial charge in [-0.25, -0.2) is 4.98 Å². The summed E-state index contributed by atoms with van der Waals surface area (Å²) in [7, 11) is 0. The van der Waals surface area contributed by atoms with E-state index in [9.17, 15) is 4.79 Å². The number of fused-ring (bicyclic) bond motifs is 1. The summed E-state index contributed by atoms with van der Waals surface area (Å²) in [5.41, 5.74) is 0.458. The van der Waals surface area contributed by atoms with E-state index in [1.54, 1.807) is 18.2 Å². The number of nitrogens with one attached hydrogen (secondary N) is 2. The van der Waals surface area contributed by atoms with E-state index in [4.69, 9.17) is 16.7 Å². The van der Waals surface area contributed by atoms with Crippen LogP contribution in [0.5, 0.6) is 0 Å². The van der Waals surface area contributed by atoms with Crippen molar-refractivity contribution in [2.45, 2.75) is 26.3 Å². The Morgan fingerprint density at radius 2 is 2.29 bits per heavy atom. The molecule has 0 spiro atoms. The van der Waals surface area contributed by atoms with Gasteiger partial charge in [0.25, 0.3) is 5.56 Å². The van der Waals surface area contributed by atoms with Crippen LogP contribution < -0.4 is 10.9 Å². The van der Waals surface area contributed by atoms with Crippen LogP contribution in [0.3, 0.4) is 0 Å². The van der Waals surface area contributed by atoms with E-state index < -0.39 is 0 Å². The van der Waals surface area contributed by atoms with Gasteiger partial charge in [-0.3, -0.25) is 4.79 Å². The number of H-pyrrole nitrogens is 1. The van der Waals surface area contributed by atoms with Crippen LogP contribution in [0.15, 0.2) is 23.0 Å². The second-order valence-corrected chi connectivity index (χ2v) is 5.72. The molecule has 1 heterocycles. The fourth-order valence-electron chi connectivity index (χ4n) is 2.12. The predicted molar refractivity (Wildman–Crippen MR) is 84.6 cm³/mol. The number of nitrogens with zero attached hydrogens (tertiary/aromatic N) is 1. The minimum Gasteiger partial charge on any atom is -0.396 e. The number of halogens is 1. The number of aliphatic hydroxyl groups is 1. The van der Waals surface area contributed by atoms with Crippen LogP contribution in [0.2, 0.25) is 5.02 Å². The van der Waals surface area contributed by atoms with Gasteiger partial charge < -0.3 is 15.4 Å². The quantitative estimate of drug-likeness (QED) is 0.684. The summed E-state index contributed by atoms with van der Waals surface area (Å²) in [6, 6.07) is 5.05. The van der Waals surface area contributed by atoms with E-state index in [1.165, 1.54) is 0 Å². The summed E-state index contributed by atoms with van der Waals surface area (Å²) in [5, 5.41) is 13.3. The van der Waals surface area contributed by atoms with Crippen molar-refractivity contribution >= 4 is 22.5 Å². The third kappa shape index (κ3) is 4.52. The van der Waals surface area contributed by atoms with E-state index in [2.05, 4.69) is 15.3 Å². The van der Waals surface area contributed by atoms with Crippen molar-refractivity contribution < 1.29 is 5.11 Å². The molecule has 0 radical (unpaired) electrons. The minimum atomic E-state index is -0.151. The molecule has 1 atom stereocenters. The first-order valence-corrected chi connectivity index (χ1v) is 7.48. The first-order chi connectivity index (χ1) is 10.1. The maximum Gasteiger partial charge on any atom is 0.258 e. The van der Waals surface area contributed by atoms with Crippen molar-refractivity contribution in [2.75, 3.05) is 13.2 Å². The molecule has 0 saturated carbocycles. The maximum atomic E-state index is 11.9. The summed E-state index contributed by atoms with van der Waals surface area (Å²) in [4.78, 5) is 19.1. The molecule has 0 saturated heterocycles. The summed E-state index contributed by atoms with van der Waals surface area (Å²) in [6.07, 6.45) is 1.95. The molecule has 1 unspecified atom stereocenters. The number of aliphatic hydroxyl groups excluding tert-OH is 1. The molecule has 1 aromatic heterocycles. The van der Waals surface area contributed by atoms with Crippen molar-refractivity contribution in [3.63, 3.8) is 0 Å². The molecule has 0 fully saturated rings. The fourth-order valence-corrected chi connectivity index (χ4v) is 2.28. The van der Waals surface area contributed by atoms with E-state index in [1.807, 2.05) is 6.92 Å². The normalized spacial score (nSPS) is 12.7. The molecule has 114 valence electrons. The first kappa shape index (κ1) is 15.9. The van der Waals surface area contributed by atoms with Gasteiger partial charge in [0.05, 0.1) is 17.4 Å². The van der Waals surface area contributed by atoms with Crippen LogP contribution in [0.25, 0.3) is 10.9 Å². The van der Waals surface area contributed by atoms with Gasteiger partial charge >= 0.3 is 0 Å². The zero-order valence-electron chi connectivity index (χ0n) is 12.0. The maximum absolute atomic E-state index is 11.9. The Balaban J connectivity index is 1.95. The number of aromatic nitrogens is 2. The zero-order chi connectivity index (χ0) is 15.2. The topological polar surface area (TPSA) is 78.0 Å². The highest BCUT2D eigenvalue weighted by molar-refractivity contribution is 6.31. The molecule has 1 aromatic carbocycles. The largest absolute Gasteiger partial charge is 0.396 e. The van der Waals surface area contributed by atoms with Gasteiger partial charge in [-0.05, 0) is 43.5 Å². The highest BCUT2D eigenvalue weighted by Crippen LogP contribution is 2.14. The van der Waals surface area contributed by atoms with Crippen LogP contribution in [-0.2, 0) is 6.54 Å². The lowest BCUT2D eigenvalue weighted by Crippen LogP contribution is -2.21. The highest BCUT2D eigenvalue weighted by Gasteiger charge is 2.04. The summed E-state index contributed by atoms with van der Waals surface area (Å²) >= 11 is 5.92. The molecule has 0 bridgehead atoms. The van der Waals surface area contributed by atoms with E-state index in [0.29, 0.717) is 34.2 Å². The molecule has 6 heteroatoms. The highest BCUT2D eigenvalue weighted by atomic mass is 35.5. The molecule has 21 heavy (non-hydrogen) atoms. The summed E-state index contributed by atoms with van der Waals surface area (Å²) < 4.78 is 0. The van der Waals surface area contributed by atoms with Crippen molar-refractivity contribution in [1.82, 2.24) is 15.3 Å². The Labute approximate surface area is 128 Å². The van der Waals surface area contributed by atoms with E-state index >= 15 is 0 Å². The molecular weight excluding hydrogens is 290 g/mol. The summed E-state index contributed by atoms with van der Waals surface area (Å²) in [5.74, 6) is 0.928. The average Bonchev–Trinajstić information content (AvgIpc) is 2.46. The van der Waals surface area contributed by atoms with Gasteiger partial charge in [0.1, 0.15) is 5.82 Å².